The van der Waals surface area contributed by atoms with E-state index < -0.39 is 0 Å². The van der Waals surface area contributed by atoms with Crippen molar-refractivity contribution >= 4 is 45.8 Å². The predicted octanol–water partition coefficient (Wildman–Crippen LogP) is 2.73. The second kappa shape index (κ2) is 3.50. The molecule has 6 heteroatoms. The zero-order valence-electron chi connectivity index (χ0n) is 7.31. The summed E-state index contributed by atoms with van der Waals surface area (Å²) in [5.74, 6) is 0. The Balaban J connectivity index is 2.52. The molecule has 1 heterocycles. The largest absolute Gasteiger partial charge is 0.316 e. The van der Waals surface area contributed by atoms with Crippen molar-refractivity contribution in [3.63, 3.8) is 0 Å². The number of fused-ring (bicyclic) bond motifs is 1. The fourth-order valence-corrected chi connectivity index (χ4v) is 3.68. The molecule has 0 aromatic heterocycles. The molecule has 1 aromatic rings. The molecule has 0 spiro atoms. The second-order valence-electron chi connectivity index (χ2n) is 2.88. The molecule has 14 heavy (non-hydrogen) atoms. The molecule has 0 bridgehead atoms. The van der Waals surface area contributed by atoms with Crippen molar-refractivity contribution in [3.05, 3.63) is 33.9 Å². The van der Waals surface area contributed by atoms with Crippen LogP contribution in [0.1, 0.15) is 5.56 Å². The number of benzene rings is 1. The lowest BCUT2D eigenvalue weighted by Gasteiger charge is -2.13. The van der Waals surface area contributed by atoms with Gasteiger partial charge in [0.25, 0.3) is 5.69 Å². The maximum atomic E-state index is 10.5. The average molecular weight is 322 g/mol. The van der Waals surface area contributed by atoms with Crippen LogP contribution < -0.4 is 4.31 Å². The quantitative estimate of drug-likeness (QED) is 0.346. The van der Waals surface area contributed by atoms with Crippen LogP contribution in [0.15, 0.2) is 18.2 Å². The van der Waals surface area contributed by atoms with E-state index in [1.807, 2.05) is 12.4 Å². The summed E-state index contributed by atoms with van der Waals surface area (Å²) >= 11 is 2.31. The molecule has 2 rings (SSSR count). The first-order chi connectivity index (χ1) is 6.59. The number of non-ortho nitro benzene ring substituents is 1. The van der Waals surface area contributed by atoms with Gasteiger partial charge in [-0.2, -0.15) is 0 Å². The molecule has 0 aliphatic carbocycles. The lowest BCUT2D eigenvalue weighted by atomic mass is 10.2. The molecule has 0 fully saturated rings. The lowest BCUT2D eigenvalue weighted by molar-refractivity contribution is -0.384. The van der Waals surface area contributed by atoms with Gasteiger partial charge < -0.3 is 4.31 Å². The molecule has 4 nitrogen and oxygen atoms in total. The smallest absolute Gasteiger partial charge is 0.270 e. The number of nitro groups is 1. The summed E-state index contributed by atoms with van der Waals surface area (Å²) in [4.78, 5) is 10.2. The van der Waals surface area contributed by atoms with Crippen molar-refractivity contribution in [3.8, 4) is 0 Å². The van der Waals surface area contributed by atoms with Gasteiger partial charge in [0.1, 0.15) is 0 Å². The fraction of sp³-hybridized carbons (Fsp3) is 0.125. The van der Waals surface area contributed by atoms with Gasteiger partial charge in [0.15, 0.2) is 0 Å². The van der Waals surface area contributed by atoms with Crippen LogP contribution in [0.5, 0.6) is 0 Å². The maximum absolute atomic E-state index is 10.5. The van der Waals surface area contributed by atoms with Gasteiger partial charge in [-0.3, -0.25) is 10.1 Å². The van der Waals surface area contributed by atoms with Crippen molar-refractivity contribution in [2.24, 2.45) is 0 Å². The molecule has 1 aliphatic rings. The minimum atomic E-state index is -0.363. The number of halogens is 1. The van der Waals surface area contributed by atoms with Gasteiger partial charge >= 0.3 is 0 Å². The summed E-state index contributed by atoms with van der Waals surface area (Å²) in [5.41, 5.74) is 2.18. The first-order valence-corrected chi connectivity index (χ1v) is 7.65. The molecule has 1 atom stereocenters. The Kier molecular flexibility index (Phi) is 2.48. The number of rotatable bonds is 1. The van der Waals surface area contributed by atoms with Gasteiger partial charge in [0.2, 0.25) is 0 Å². The van der Waals surface area contributed by atoms with Gasteiger partial charge in [-0.1, -0.05) is 0 Å². The monoisotopic (exact) mass is 322 g/mol. The van der Waals surface area contributed by atoms with Gasteiger partial charge in [0, 0.05) is 51.3 Å². The van der Waals surface area contributed by atoms with E-state index in [1.165, 1.54) is 0 Å². The Bertz CT molecular complexity index is 447. The summed E-state index contributed by atoms with van der Waals surface area (Å²) < 4.78 is 2.11. The Morgan fingerprint density at radius 1 is 1.57 bits per heavy atom. The normalized spacial score (nSPS) is 19.0. The molecule has 0 saturated carbocycles. The molecule has 1 unspecified atom stereocenters. The van der Waals surface area contributed by atoms with Crippen LogP contribution in [0, 0.1) is 10.1 Å². The molecular formula is C8H7IN2O2S. The van der Waals surface area contributed by atoms with E-state index in [4.69, 9.17) is 0 Å². The summed E-state index contributed by atoms with van der Waals surface area (Å²) in [6.07, 6.45) is 0. The van der Waals surface area contributed by atoms with Crippen LogP contribution in [-0.2, 0) is 0 Å². The number of nitrogens with zero attached hydrogens (tertiary/aromatic N) is 2. The highest BCUT2D eigenvalue weighted by Gasteiger charge is 2.18. The van der Waals surface area contributed by atoms with E-state index in [1.54, 1.807) is 18.2 Å². The van der Waals surface area contributed by atoms with Gasteiger partial charge in [-0.05, 0) is 13.9 Å². The van der Waals surface area contributed by atoms with Crippen LogP contribution >= 0.6 is 29.0 Å². The number of hydrogen-bond acceptors (Lipinski definition) is 3. The fourth-order valence-electron chi connectivity index (χ4n) is 1.31. The summed E-state index contributed by atoms with van der Waals surface area (Å²) in [5, 5.41) is 12.6. The topological polar surface area (TPSA) is 46.4 Å². The standard InChI is InChI=1S/C8H7IN2O2S/c1-10-8-3-2-7(11(12)13)4-6(8)5-14(10)9/h2-5H,1H3. The van der Waals surface area contributed by atoms with E-state index in [0.29, 0.717) is 0 Å². The molecule has 0 N–H and O–H groups in total. The van der Waals surface area contributed by atoms with Crippen molar-refractivity contribution in [2.45, 2.75) is 0 Å². The maximum Gasteiger partial charge on any atom is 0.270 e. The molecule has 0 radical (unpaired) electrons. The Labute approximate surface area is 95.7 Å². The zero-order chi connectivity index (χ0) is 10.3. The van der Waals surface area contributed by atoms with Crippen LogP contribution in [0.25, 0.3) is 0 Å². The van der Waals surface area contributed by atoms with E-state index >= 15 is 0 Å². The van der Waals surface area contributed by atoms with Crippen LogP contribution in [0.3, 0.4) is 0 Å². The highest BCUT2D eigenvalue weighted by molar-refractivity contribution is 14.2. The Hall–Kier alpha value is -0.630. The van der Waals surface area contributed by atoms with E-state index in [0.717, 1.165) is 11.3 Å². The Morgan fingerprint density at radius 3 is 2.93 bits per heavy atom. The summed E-state index contributed by atoms with van der Waals surface area (Å²) in [7, 11) is 2.01. The van der Waals surface area contributed by atoms with Crippen LogP contribution in [0.2, 0.25) is 0 Å². The van der Waals surface area contributed by atoms with Crippen molar-refractivity contribution in [2.75, 3.05) is 11.4 Å². The number of anilines is 1. The SMILES string of the molecule is CN1c2ccc([N+](=O)[O-])cc2C=S1I. The minimum absolute atomic E-state index is 0.0202. The zero-order valence-corrected chi connectivity index (χ0v) is 10.3. The van der Waals surface area contributed by atoms with Crippen molar-refractivity contribution < 1.29 is 4.92 Å². The van der Waals surface area contributed by atoms with Gasteiger partial charge in [0.05, 0.1) is 10.6 Å². The van der Waals surface area contributed by atoms with E-state index in [9.17, 15) is 10.1 Å². The molecular weight excluding hydrogens is 315 g/mol. The third-order valence-electron chi connectivity index (χ3n) is 2.05. The minimum Gasteiger partial charge on any atom is -0.316 e. The van der Waals surface area contributed by atoms with Crippen LogP contribution in [-0.4, -0.2) is 17.3 Å². The van der Waals surface area contributed by atoms with Gasteiger partial charge in [-0.15, -0.1) is 0 Å². The third kappa shape index (κ3) is 1.52. The van der Waals surface area contributed by atoms with Gasteiger partial charge in [-0.25, -0.2) is 0 Å². The number of nitro benzene ring substituents is 1. The van der Waals surface area contributed by atoms with Crippen molar-refractivity contribution in [1.82, 2.24) is 0 Å². The molecule has 74 valence electrons. The van der Waals surface area contributed by atoms with E-state index in [2.05, 4.69) is 25.5 Å². The molecule has 1 aromatic carbocycles. The molecule has 0 amide bonds. The number of hydrogen-bond donors (Lipinski definition) is 0. The first kappa shape index (κ1) is 9.91. The first-order valence-electron chi connectivity index (χ1n) is 3.86. The predicted molar refractivity (Wildman–Crippen MR) is 68.3 cm³/mol. The lowest BCUT2D eigenvalue weighted by Crippen LogP contribution is -2.02. The molecule has 0 saturated heterocycles. The Morgan fingerprint density at radius 2 is 2.29 bits per heavy atom. The highest BCUT2D eigenvalue weighted by Crippen LogP contribution is 2.41. The molecule has 1 aliphatic heterocycles. The summed E-state index contributed by atoms with van der Waals surface area (Å²) in [6.45, 7) is 0. The third-order valence-corrected chi connectivity index (χ3v) is 5.75. The highest BCUT2D eigenvalue weighted by atomic mass is 127. The van der Waals surface area contributed by atoms with Crippen molar-refractivity contribution in [1.29, 1.82) is 0 Å². The second-order valence-corrected chi connectivity index (χ2v) is 6.90. The average Bonchev–Trinajstić information content (AvgIpc) is 2.42. The summed E-state index contributed by atoms with van der Waals surface area (Å²) in [6, 6.07) is 4.97. The van der Waals surface area contributed by atoms with E-state index in [-0.39, 0.29) is 18.5 Å². The van der Waals surface area contributed by atoms with Crippen LogP contribution in [0.4, 0.5) is 11.4 Å².